The summed E-state index contributed by atoms with van der Waals surface area (Å²) in [4.78, 5) is 29.3. The number of nitrogens with one attached hydrogen (secondary N) is 1. The Hall–Kier alpha value is -2.94. The third kappa shape index (κ3) is 4.09. The molecule has 0 saturated carbocycles. The van der Waals surface area contributed by atoms with E-state index in [0.717, 1.165) is 16.8 Å². The molecule has 1 N–H and O–H groups in total. The van der Waals surface area contributed by atoms with Gasteiger partial charge in [-0.3, -0.25) is 14.2 Å². The Balaban J connectivity index is 2.23. The van der Waals surface area contributed by atoms with Crippen LogP contribution in [-0.4, -0.2) is 27.7 Å². The average Bonchev–Trinajstić information content (AvgIpc) is 2.66. The van der Waals surface area contributed by atoms with Crippen molar-refractivity contribution < 1.29 is 22.4 Å². The Morgan fingerprint density at radius 2 is 1.93 bits per heavy atom. The van der Waals surface area contributed by atoms with Gasteiger partial charge in [-0.05, 0) is 30.7 Å². The first-order chi connectivity index (χ1) is 13.6. The van der Waals surface area contributed by atoms with Crippen molar-refractivity contribution >= 4 is 28.5 Å². The summed E-state index contributed by atoms with van der Waals surface area (Å²) in [6.45, 7) is 1.25. The summed E-state index contributed by atoms with van der Waals surface area (Å²) in [5.41, 5.74) is -1.50. The van der Waals surface area contributed by atoms with E-state index in [4.69, 9.17) is 11.6 Å². The molecule has 0 saturated heterocycles. The monoisotopic (exact) mass is 427 g/mol. The standard InChI is InChI=1S/C19H14ClF4N3O2/c1-2-14(19(22,23)24)25-18(29)11-9-27(13-6-4-3-5-12(13)21)17-10(16(11)28)7-8-15(20)26-17/h3-9,14H,2H2,1H3,(H,25,29). The fourth-order valence-electron chi connectivity index (χ4n) is 2.82. The molecule has 1 amide bonds. The predicted molar refractivity (Wildman–Crippen MR) is 99.9 cm³/mol. The van der Waals surface area contributed by atoms with Gasteiger partial charge in [0.05, 0.1) is 11.1 Å². The molecule has 2 aromatic heterocycles. The summed E-state index contributed by atoms with van der Waals surface area (Å²) in [5.74, 6) is -1.91. The van der Waals surface area contributed by atoms with Crippen LogP contribution in [0.4, 0.5) is 17.6 Å². The van der Waals surface area contributed by atoms with Crippen LogP contribution in [0.5, 0.6) is 0 Å². The zero-order valence-corrected chi connectivity index (χ0v) is 15.7. The van der Waals surface area contributed by atoms with Crippen molar-refractivity contribution in [1.29, 1.82) is 0 Å². The minimum atomic E-state index is -4.68. The quantitative estimate of drug-likeness (QED) is 0.500. The van der Waals surface area contributed by atoms with Gasteiger partial charge in [0.1, 0.15) is 28.2 Å². The molecule has 1 aromatic carbocycles. The van der Waals surface area contributed by atoms with E-state index in [2.05, 4.69) is 4.98 Å². The number of aromatic nitrogens is 2. The Morgan fingerprint density at radius 1 is 1.24 bits per heavy atom. The maximum Gasteiger partial charge on any atom is 0.408 e. The molecule has 10 heteroatoms. The minimum absolute atomic E-state index is 0.0160. The number of fused-ring (bicyclic) bond motifs is 1. The van der Waals surface area contributed by atoms with Crippen molar-refractivity contribution in [3.05, 3.63) is 69.4 Å². The molecule has 152 valence electrons. The zero-order valence-electron chi connectivity index (χ0n) is 14.9. The van der Waals surface area contributed by atoms with E-state index in [1.54, 1.807) is 0 Å². The van der Waals surface area contributed by atoms with Gasteiger partial charge in [-0.1, -0.05) is 30.7 Å². The molecule has 29 heavy (non-hydrogen) atoms. The van der Waals surface area contributed by atoms with Gasteiger partial charge >= 0.3 is 6.18 Å². The lowest BCUT2D eigenvalue weighted by molar-refractivity contribution is -0.153. The molecule has 0 aliphatic rings. The number of benzene rings is 1. The summed E-state index contributed by atoms with van der Waals surface area (Å²) in [6.07, 6.45) is -4.13. The van der Waals surface area contributed by atoms with E-state index in [0.29, 0.717) is 0 Å². The molecular formula is C19H14ClF4N3O2. The number of hydrogen-bond donors (Lipinski definition) is 1. The lowest BCUT2D eigenvalue weighted by Gasteiger charge is -2.20. The predicted octanol–water partition coefficient (Wildman–Crippen LogP) is 4.25. The summed E-state index contributed by atoms with van der Waals surface area (Å²) in [7, 11) is 0. The van der Waals surface area contributed by atoms with Crippen LogP contribution in [0.25, 0.3) is 16.7 Å². The van der Waals surface area contributed by atoms with Gasteiger partial charge in [0, 0.05) is 6.20 Å². The number of carbonyl (C=O) groups excluding carboxylic acids is 1. The fourth-order valence-corrected chi connectivity index (χ4v) is 2.97. The lowest BCUT2D eigenvalue weighted by Crippen LogP contribution is -2.46. The second-order valence-corrected chi connectivity index (χ2v) is 6.56. The number of alkyl halides is 3. The van der Waals surface area contributed by atoms with E-state index in [1.807, 2.05) is 5.32 Å². The number of amides is 1. The maximum absolute atomic E-state index is 14.3. The first-order valence-electron chi connectivity index (χ1n) is 8.48. The second kappa shape index (κ2) is 7.82. The van der Waals surface area contributed by atoms with Gasteiger partial charge in [0.2, 0.25) is 5.43 Å². The molecule has 0 spiro atoms. The van der Waals surface area contributed by atoms with E-state index < -0.39 is 41.4 Å². The normalized spacial score (nSPS) is 12.8. The highest BCUT2D eigenvalue weighted by Crippen LogP contribution is 2.23. The van der Waals surface area contributed by atoms with Gasteiger partial charge in [0.15, 0.2) is 0 Å². The van der Waals surface area contributed by atoms with Crippen molar-refractivity contribution in [1.82, 2.24) is 14.9 Å². The molecular weight excluding hydrogens is 414 g/mol. The third-order valence-corrected chi connectivity index (χ3v) is 4.49. The van der Waals surface area contributed by atoms with Crippen molar-refractivity contribution in [2.45, 2.75) is 25.6 Å². The van der Waals surface area contributed by atoms with E-state index in [1.165, 1.54) is 37.3 Å². The first kappa shape index (κ1) is 20.8. The van der Waals surface area contributed by atoms with Gasteiger partial charge in [-0.2, -0.15) is 13.2 Å². The average molecular weight is 428 g/mol. The largest absolute Gasteiger partial charge is 0.408 e. The molecule has 1 atom stereocenters. The Bertz CT molecular complexity index is 1140. The van der Waals surface area contributed by atoms with E-state index >= 15 is 0 Å². The van der Waals surface area contributed by atoms with E-state index in [9.17, 15) is 27.2 Å². The van der Waals surface area contributed by atoms with Gasteiger partial charge in [-0.15, -0.1) is 0 Å². The highest BCUT2D eigenvalue weighted by molar-refractivity contribution is 6.29. The van der Waals surface area contributed by atoms with Gasteiger partial charge < -0.3 is 5.32 Å². The number of hydrogen-bond acceptors (Lipinski definition) is 3. The van der Waals surface area contributed by atoms with Crippen LogP contribution in [0.3, 0.4) is 0 Å². The Morgan fingerprint density at radius 3 is 2.55 bits per heavy atom. The zero-order chi connectivity index (χ0) is 21.3. The van der Waals surface area contributed by atoms with Crippen molar-refractivity contribution in [2.24, 2.45) is 0 Å². The molecule has 1 unspecified atom stereocenters. The van der Waals surface area contributed by atoms with Crippen LogP contribution in [0.1, 0.15) is 23.7 Å². The van der Waals surface area contributed by atoms with Crippen molar-refractivity contribution in [2.75, 3.05) is 0 Å². The van der Waals surface area contributed by atoms with Crippen molar-refractivity contribution in [3.63, 3.8) is 0 Å². The number of rotatable bonds is 4. The molecule has 3 aromatic rings. The highest BCUT2D eigenvalue weighted by atomic mass is 35.5. The number of halogens is 5. The number of para-hydroxylation sites is 1. The molecule has 0 fully saturated rings. The first-order valence-corrected chi connectivity index (χ1v) is 8.85. The number of nitrogens with zero attached hydrogens (tertiary/aromatic N) is 2. The van der Waals surface area contributed by atoms with E-state index in [-0.39, 0.29) is 21.9 Å². The molecule has 0 aliphatic heterocycles. The Labute approximate surface area is 166 Å². The van der Waals surface area contributed by atoms with Crippen LogP contribution in [0.2, 0.25) is 5.15 Å². The topological polar surface area (TPSA) is 64.0 Å². The third-order valence-electron chi connectivity index (χ3n) is 4.28. The van der Waals surface area contributed by atoms with Gasteiger partial charge in [-0.25, -0.2) is 9.37 Å². The molecule has 5 nitrogen and oxygen atoms in total. The molecule has 0 bridgehead atoms. The Kier molecular flexibility index (Phi) is 5.61. The van der Waals surface area contributed by atoms with Crippen LogP contribution >= 0.6 is 11.6 Å². The highest BCUT2D eigenvalue weighted by Gasteiger charge is 2.39. The molecule has 3 rings (SSSR count). The summed E-state index contributed by atoms with van der Waals surface area (Å²) < 4.78 is 54.5. The summed E-state index contributed by atoms with van der Waals surface area (Å²) >= 11 is 5.89. The number of carbonyl (C=O) groups is 1. The smallest absolute Gasteiger partial charge is 0.340 e. The maximum atomic E-state index is 14.3. The summed E-state index contributed by atoms with van der Waals surface area (Å²) in [6, 6.07) is 5.92. The van der Waals surface area contributed by atoms with Crippen LogP contribution in [0, 0.1) is 5.82 Å². The fraction of sp³-hybridized carbons (Fsp3) is 0.211. The molecule has 0 radical (unpaired) electrons. The molecule has 2 heterocycles. The minimum Gasteiger partial charge on any atom is -0.340 e. The SMILES string of the molecule is CCC(NC(=O)c1cn(-c2ccccc2F)c2nc(Cl)ccc2c1=O)C(F)(F)F. The van der Waals surface area contributed by atoms with Crippen LogP contribution in [0.15, 0.2) is 47.4 Å². The van der Waals surface area contributed by atoms with Gasteiger partial charge in [0.25, 0.3) is 5.91 Å². The summed E-state index contributed by atoms with van der Waals surface area (Å²) in [5, 5.41) is 1.74. The van der Waals surface area contributed by atoms with Crippen molar-refractivity contribution in [3.8, 4) is 5.69 Å². The molecule has 0 aliphatic carbocycles. The second-order valence-electron chi connectivity index (χ2n) is 6.17. The van der Waals surface area contributed by atoms with Crippen LogP contribution < -0.4 is 10.7 Å². The lowest BCUT2D eigenvalue weighted by atomic mass is 10.1. The van der Waals surface area contributed by atoms with Crippen LogP contribution in [-0.2, 0) is 0 Å². The number of pyridine rings is 2.